The van der Waals surface area contributed by atoms with Gasteiger partial charge in [-0.1, -0.05) is 41.4 Å². The van der Waals surface area contributed by atoms with Gasteiger partial charge in [-0.25, -0.2) is 4.79 Å². The van der Waals surface area contributed by atoms with Gasteiger partial charge in [0.2, 0.25) is 0 Å². The lowest BCUT2D eigenvalue weighted by Gasteiger charge is -2.29. The Labute approximate surface area is 173 Å². The normalized spacial score (nSPS) is 16.9. The molecule has 0 spiro atoms. The van der Waals surface area contributed by atoms with Crippen LogP contribution in [0, 0.1) is 0 Å². The van der Waals surface area contributed by atoms with Crippen molar-refractivity contribution in [3.63, 3.8) is 0 Å². The fourth-order valence-corrected chi connectivity index (χ4v) is 3.51. The van der Waals surface area contributed by atoms with Crippen LogP contribution in [0.15, 0.2) is 53.7 Å². The topological polar surface area (TPSA) is 70.2 Å². The van der Waals surface area contributed by atoms with Crippen molar-refractivity contribution in [1.29, 1.82) is 0 Å². The zero-order chi connectivity index (χ0) is 21.3. The monoisotopic (exact) mass is 443 g/mol. The van der Waals surface area contributed by atoms with Crippen molar-refractivity contribution in [2.24, 2.45) is 0 Å². The second kappa shape index (κ2) is 7.96. The van der Waals surface area contributed by atoms with Gasteiger partial charge >= 0.3 is 12.2 Å². The molecule has 3 rings (SSSR count). The van der Waals surface area contributed by atoms with E-state index in [1.807, 2.05) is 0 Å². The summed E-state index contributed by atoms with van der Waals surface area (Å²) < 4.78 is 39.7. The Morgan fingerprint density at radius 1 is 1.14 bits per heavy atom. The van der Waals surface area contributed by atoms with E-state index in [2.05, 4.69) is 16.0 Å². The first kappa shape index (κ1) is 21.0. The van der Waals surface area contributed by atoms with E-state index in [-0.39, 0.29) is 16.3 Å². The Balaban J connectivity index is 2.01. The van der Waals surface area contributed by atoms with E-state index in [1.54, 1.807) is 0 Å². The van der Waals surface area contributed by atoms with E-state index >= 15 is 0 Å². The smallest absolute Gasteiger partial charge is 0.327 e. The largest absolute Gasteiger partial charge is 0.418 e. The van der Waals surface area contributed by atoms with E-state index < -0.39 is 35.4 Å². The Hall–Kier alpha value is -2.71. The number of carbonyl (C=O) groups excluding carboxylic acids is 2. The van der Waals surface area contributed by atoms with Crippen LogP contribution in [-0.2, 0) is 11.0 Å². The van der Waals surface area contributed by atoms with E-state index in [1.165, 1.54) is 37.3 Å². The van der Waals surface area contributed by atoms with Gasteiger partial charge in [0.25, 0.3) is 5.91 Å². The van der Waals surface area contributed by atoms with E-state index in [0.29, 0.717) is 10.6 Å². The third-order valence-electron chi connectivity index (χ3n) is 4.27. The maximum absolute atomic E-state index is 13.2. The number of carbonyl (C=O) groups is 2. The van der Waals surface area contributed by atoms with Crippen LogP contribution < -0.4 is 16.0 Å². The maximum atomic E-state index is 13.2. The molecule has 0 unspecified atom stereocenters. The SMILES string of the molecule is CC1=C(C(=O)Nc2ccccc2C(F)(F)F)[C@@H](c2ccc(Cl)cc2Cl)NC(=O)N1. The standard InChI is InChI=1S/C19H14Cl2F3N3O2/c1-9-15(17(28)26-14-5-3-2-4-12(14)19(22,23)24)16(27-18(29)25-9)11-7-6-10(20)8-13(11)21/h2-8,16H,1H3,(H,26,28)(H2,25,27,29)/t16-/m1/s1. The van der Waals surface area contributed by atoms with E-state index in [9.17, 15) is 22.8 Å². The van der Waals surface area contributed by atoms with Gasteiger partial charge in [0.1, 0.15) is 0 Å². The van der Waals surface area contributed by atoms with Crippen molar-refractivity contribution in [2.75, 3.05) is 5.32 Å². The molecule has 1 aliphatic heterocycles. The highest BCUT2D eigenvalue weighted by molar-refractivity contribution is 6.35. The number of hydrogen-bond acceptors (Lipinski definition) is 2. The summed E-state index contributed by atoms with van der Waals surface area (Å²) in [5.74, 6) is -0.817. The number of allylic oxidation sites excluding steroid dienone is 1. The van der Waals surface area contributed by atoms with Gasteiger partial charge in [-0.2, -0.15) is 13.2 Å². The van der Waals surface area contributed by atoms with Crippen LogP contribution in [0.25, 0.3) is 0 Å². The minimum Gasteiger partial charge on any atom is -0.327 e. The zero-order valence-corrected chi connectivity index (χ0v) is 16.3. The quantitative estimate of drug-likeness (QED) is 0.603. The fraction of sp³-hybridized carbons (Fsp3) is 0.158. The molecule has 0 radical (unpaired) electrons. The Morgan fingerprint density at radius 2 is 1.83 bits per heavy atom. The average Bonchev–Trinajstić information content (AvgIpc) is 2.60. The van der Waals surface area contributed by atoms with Gasteiger partial charge in [0.15, 0.2) is 0 Å². The average molecular weight is 444 g/mol. The van der Waals surface area contributed by atoms with Gasteiger partial charge in [-0.15, -0.1) is 0 Å². The number of halogens is 5. The van der Waals surface area contributed by atoms with Crippen LogP contribution in [0.4, 0.5) is 23.7 Å². The summed E-state index contributed by atoms with van der Waals surface area (Å²) in [5, 5.41) is 7.85. The summed E-state index contributed by atoms with van der Waals surface area (Å²) in [7, 11) is 0. The maximum Gasteiger partial charge on any atom is 0.418 e. The molecule has 2 aromatic rings. The van der Waals surface area contributed by atoms with Gasteiger partial charge in [-0.3, -0.25) is 4.79 Å². The fourth-order valence-electron chi connectivity index (χ4n) is 2.99. The second-order valence-electron chi connectivity index (χ2n) is 6.23. The number of amides is 3. The van der Waals surface area contributed by atoms with Gasteiger partial charge in [0, 0.05) is 15.7 Å². The van der Waals surface area contributed by atoms with Crippen LogP contribution in [0.2, 0.25) is 10.0 Å². The van der Waals surface area contributed by atoms with Crippen molar-refractivity contribution >= 4 is 40.8 Å². The second-order valence-corrected chi connectivity index (χ2v) is 7.08. The lowest BCUT2D eigenvalue weighted by Crippen LogP contribution is -2.46. The molecular formula is C19H14Cl2F3N3O2. The number of alkyl halides is 3. The van der Waals surface area contributed by atoms with Gasteiger partial charge < -0.3 is 16.0 Å². The van der Waals surface area contributed by atoms with Crippen molar-refractivity contribution < 1.29 is 22.8 Å². The summed E-state index contributed by atoms with van der Waals surface area (Å²) in [5.41, 5.74) is -0.805. The molecule has 1 aliphatic rings. The summed E-state index contributed by atoms with van der Waals surface area (Å²) in [6, 6.07) is 7.56. The van der Waals surface area contributed by atoms with Crippen LogP contribution in [0.3, 0.4) is 0 Å². The predicted octanol–water partition coefficient (Wildman–Crippen LogP) is 5.28. The molecule has 0 fully saturated rings. The molecule has 1 heterocycles. The van der Waals surface area contributed by atoms with Crippen LogP contribution in [0.5, 0.6) is 0 Å². The summed E-state index contributed by atoms with van der Waals surface area (Å²) in [4.78, 5) is 24.9. The highest BCUT2D eigenvalue weighted by atomic mass is 35.5. The third-order valence-corrected chi connectivity index (χ3v) is 4.83. The number of hydrogen-bond donors (Lipinski definition) is 3. The first-order valence-electron chi connectivity index (χ1n) is 8.28. The highest BCUT2D eigenvalue weighted by Gasteiger charge is 2.36. The number of rotatable bonds is 3. The van der Waals surface area contributed by atoms with Gasteiger partial charge in [0.05, 0.1) is 22.9 Å². The number of anilines is 1. The molecule has 29 heavy (non-hydrogen) atoms. The lowest BCUT2D eigenvalue weighted by molar-refractivity contribution is -0.137. The van der Waals surface area contributed by atoms with Crippen molar-refractivity contribution in [3.05, 3.63) is 74.9 Å². The lowest BCUT2D eigenvalue weighted by atomic mass is 9.94. The summed E-state index contributed by atoms with van der Waals surface area (Å²) in [6.07, 6.45) is -4.65. The van der Waals surface area contributed by atoms with Crippen LogP contribution >= 0.6 is 23.2 Å². The van der Waals surface area contributed by atoms with Crippen LogP contribution in [-0.4, -0.2) is 11.9 Å². The number of para-hydroxylation sites is 1. The molecular weight excluding hydrogens is 430 g/mol. The summed E-state index contributed by atoms with van der Waals surface area (Å²) >= 11 is 12.1. The first-order chi connectivity index (χ1) is 13.6. The molecule has 3 amide bonds. The molecule has 0 saturated carbocycles. The molecule has 0 saturated heterocycles. The molecule has 152 valence electrons. The van der Waals surface area contributed by atoms with Crippen molar-refractivity contribution in [3.8, 4) is 0 Å². The summed E-state index contributed by atoms with van der Waals surface area (Å²) in [6.45, 7) is 1.47. The molecule has 2 aromatic carbocycles. The number of nitrogens with one attached hydrogen (secondary N) is 3. The molecule has 3 N–H and O–H groups in total. The molecule has 0 aromatic heterocycles. The number of benzene rings is 2. The first-order valence-corrected chi connectivity index (χ1v) is 9.04. The minimum atomic E-state index is -4.65. The Morgan fingerprint density at radius 3 is 2.48 bits per heavy atom. The zero-order valence-electron chi connectivity index (χ0n) is 14.8. The Kier molecular flexibility index (Phi) is 5.77. The van der Waals surface area contributed by atoms with Crippen molar-refractivity contribution in [1.82, 2.24) is 10.6 Å². The van der Waals surface area contributed by atoms with E-state index in [0.717, 1.165) is 12.1 Å². The van der Waals surface area contributed by atoms with Crippen molar-refractivity contribution in [2.45, 2.75) is 19.1 Å². The molecule has 10 heteroatoms. The van der Waals surface area contributed by atoms with E-state index in [4.69, 9.17) is 23.2 Å². The molecule has 5 nitrogen and oxygen atoms in total. The third kappa shape index (κ3) is 4.49. The predicted molar refractivity (Wildman–Crippen MR) is 104 cm³/mol. The Bertz CT molecular complexity index is 1020. The minimum absolute atomic E-state index is 0.0193. The molecule has 0 aliphatic carbocycles. The van der Waals surface area contributed by atoms with Crippen LogP contribution in [0.1, 0.15) is 24.1 Å². The molecule has 0 bridgehead atoms. The number of urea groups is 1. The van der Waals surface area contributed by atoms with Gasteiger partial charge in [-0.05, 0) is 36.8 Å². The highest BCUT2D eigenvalue weighted by Crippen LogP contribution is 2.37. The molecule has 1 atom stereocenters.